The quantitative estimate of drug-likeness (QED) is 0.585. The van der Waals surface area contributed by atoms with E-state index in [9.17, 15) is 4.79 Å². The number of aromatic nitrogens is 5. The Hall–Kier alpha value is -2.61. The number of thioether (sulfide) groups is 1. The highest BCUT2D eigenvalue weighted by molar-refractivity contribution is 7.98. The lowest BCUT2D eigenvalue weighted by Gasteiger charge is -2.27. The number of benzene rings is 1. The van der Waals surface area contributed by atoms with Gasteiger partial charge in [0.15, 0.2) is 11.0 Å². The zero-order valence-corrected chi connectivity index (χ0v) is 17.9. The summed E-state index contributed by atoms with van der Waals surface area (Å²) in [6, 6.07) is 10.2. The summed E-state index contributed by atoms with van der Waals surface area (Å²) < 4.78 is 4.02. The van der Waals surface area contributed by atoms with Gasteiger partial charge in [0.2, 0.25) is 5.91 Å². The third-order valence-electron chi connectivity index (χ3n) is 5.49. The number of aryl methyl sites for hydroxylation is 2. The van der Waals surface area contributed by atoms with E-state index in [4.69, 9.17) is 5.10 Å². The maximum atomic E-state index is 12.9. The first kappa shape index (κ1) is 19.7. The van der Waals surface area contributed by atoms with Crippen molar-refractivity contribution >= 4 is 17.7 Å². The smallest absolute Gasteiger partial charge is 0.223 e. The van der Waals surface area contributed by atoms with E-state index in [1.54, 1.807) is 11.8 Å². The van der Waals surface area contributed by atoms with E-state index >= 15 is 0 Å². The van der Waals surface area contributed by atoms with Crippen LogP contribution in [-0.4, -0.2) is 48.2 Å². The van der Waals surface area contributed by atoms with Crippen LogP contribution in [0, 0.1) is 0 Å². The SMILES string of the molecule is CCn1c(SC)nnc1-c1nn(C)c2c1CN(C(=O)CCc1ccccc1)CC2. The Morgan fingerprint density at radius 2 is 2.00 bits per heavy atom. The van der Waals surface area contributed by atoms with Crippen molar-refractivity contribution in [1.82, 2.24) is 29.4 Å². The Labute approximate surface area is 175 Å². The van der Waals surface area contributed by atoms with E-state index < -0.39 is 0 Å². The maximum absolute atomic E-state index is 12.9. The summed E-state index contributed by atoms with van der Waals surface area (Å²) in [5.41, 5.74) is 4.32. The predicted octanol–water partition coefficient (Wildman–Crippen LogP) is 2.94. The molecule has 4 rings (SSSR count). The number of hydrogen-bond donors (Lipinski definition) is 0. The van der Waals surface area contributed by atoms with E-state index in [2.05, 4.69) is 33.8 Å². The predicted molar refractivity (Wildman–Crippen MR) is 114 cm³/mol. The zero-order chi connectivity index (χ0) is 20.4. The Balaban J connectivity index is 1.56. The minimum Gasteiger partial charge on any atom is -0.338 e. The van der Waals surface area contributed by atoms with Crippen LogP contribution in [0.3, 0.4) is 0 Å². The average Bonchev–Trinajstić information content (AvgIpc) is 3.32. The molecule has 0 aliphatic carbocycles. The van der Waals surface area contributed by atoms with Gasteiger partial charge in [-0.15, -0.1) is 10.2 Å². The monoisotopic (exact) mass is 410 g/mol. The molecule has 0 saturated heterocycles. The first-order valence-electron chi connectivity index (χ1n) is 9.96. The summed E-state index contributed by atoms with van der Waals surface area (Å²) in [5.74, 6) is 0.975. The topological polar surface area (TPSA) is 68.8 Å². The van der Waals surface area contributed by atoms with Crippen LogP contribution in [0.2, 0.25) is 0 Å². The van der Waals surface area contributed by atoms with Gasteiger partial charge >= 0.3 is 0 Å². The second-order valence-corrected chi connectivity index (χ2v) is 7.98. The molecule has 0 bridgehead atoms. The third kappa shape index (κ3) is 3.81. The van der Waals surface area contributed by atoms with Crippen LogP contribution in [0.5, 0.6) is 0 Å². The van der Waals surface area contributed by atoms with Gasteiger partial charge in [-0.1, -0.05) is 42.1 Å². The normalized spacial score (nSPS) is 13.6. The van der Waals surface area contributed by atoms with Crippen molar-refractivity contribution in [1.29, 1.82) is 0 Å². The molecule has 0 N–H and O–H groups in total. The molecule has 2 aromatic heterocycles. The largest absolute Gasteiger partial charge is 0.338 e. The van der Waals surface area contributed by atoms with Gasteiger partial charge in [-0.25, -0.2) is 0 Å². The summed E-state index contributed by atoms with van der Waals surface area (Å²) >= 11 is 1.58. The van der Waals surface area contributed by atoms with Crippen molar-refractivity contribution < 1.29 is 4.79 Å². The summed E-state index contributed by atoms with van der Waals surface area (Å²) in [5, 5.41) is 14.3. The lowest BCUT2D eigenvalue weighted by Crippen LogP contribution is -2.36. The molecule has 3 heterocycles. The Morgan fingerprint density at radius 1 is 1.21 bits per heavy atom. The molecule has 0 fully saturated rings. The highest BCUT2D eigenvalue weighted by atomic mass is 32.2. The molecule has 0 atom stereocenters. The second-order valence-electron chi connectivity index (χ2n) is 7.20. The maximum Gasteiger partial charge on any atom is 0.223 e. The summed E-state index contributed by atoms with van der Waals surface area (Å²) in [6.45, 7) is 4.18. The number of nitrogens with zero attached hydrogens (tertiary/aromatic N) is 6. The molecule has 29 heavy (non-hydrogen) atoms. The second kappa shape index (κ2) is 8.41. The fourth-order valence-electron chi connectivity index (χ4n) is 3.94. The van der Waals surface area contributed by atoms with E-state index in [0.29, 0.717) is 13.0 Å². The van der Waals surface area contributed by atoms with Crippen LogP contribution in [0.25, 0.3) is 11.5 Å². The lowest BCUT2D eigenvalue weighted by molar-refractivity contribution is -0.132. The van der Waals surface area contributed by atoms with Gasteiger partial charge in [0, 0.05) is 50.8 Å². The van der Waals surface area contributed by atoms with Gasteiger partial charge in [-0.3, -0.25) is 9.48 Å². The van der Waals surface area contributed by atoms with E-state index in [1.807, 2.05) is 41.1 Å². The van der Waals surface area contributed by atoms with Crippen LogP contribution in [0.1, 0.15) is 30.2 Å². The van der Waals surface area contributed by atoms with Gasteiger partial charge in [0.1, 0.15) is 5.69 Å². The molecule has 1 aliphatic heterocycles. The zero-order valence-electron chi connectivity index (χ0n) is 17.1. The number of amides is 1. The molecule has 0 radical (unpaired) electrons. The first-order valence-corrected chi connectivity index (χ1v) is 11.2. The highest BCUT2D eigenvalue weighted by Gasteiger charge is 2.29. The van der Waals surface area contributed by atoms with Gasteiger partial charge in [-0.2, -0.15) is 5.10 Å². The molecule has 8 heteroatoms. The van der Waals surface area contributed by atoms with Gasteiger partial charge in [-0.05, 0) is 25.2 Å². The van der Waals surface area contributed by atoms with Crippen molar-refractivity contribution in [3.8, 4) is 11.5 Å². The number of rotatable bonds is 6. The molecule has 3 aromatic rings. The van der Waals surface area contributed by atoms with Crippen LogP contribution in [-0.2, 0) is 37.8 Å². The molecule has 152 valence electrons. The van der Waals surface area contributed by atoms with Crippen LogP contribution < -0.4 is 0 Å². The lowest BCUT2D eigenvalue weighted by atomic mass is 10.0. The van der Waals surface area contributed by atoms with E-state index in [0.717, 1.165) is 48.2 Å². The number of fused-ring (bicyclic) bond motifs is 1. The van der Waals surface area contributed by atoms with Crippen molar-refractivity contribution in [3.05, 3.63) is 47.2 Å². The minimum absolute atomic E-state index is 0.191. The number of carbonyl (C=O) groups excluding carboxylic acids is 1. The summed E-state index contributed by atoms with van der Waals surface area (Å²) in [7, 11) is 1.97. The van der Waals surface area contributed by atoms with Crippen LogP contribution in [0.15, 0.2) is 35.5 Å². The number of hydrogen-bond acceptors (Lipinski definition) is 5. The van der Waals surface area contributed by atoms with Crippen LogP contribution >= 0.6 is 11.8 Å². The van der Waals surface area contributed by atoms with Gasteiger partial charge in [0.05, 0.1) is 0 Å². The molecule has 7 nitrogen and oxygen atoms in total. The molecule has 0 spiro atoms. The van der Waals surface area contributed by atoms with Gasteiger partial charge in [0.25, 0.3) is 0 Å². The number of carbonyl (C=O) groups is 1. The molecular weight excluding hydrogens is 384 g/mol. The molecule has 1 aliphatic rings. The van der Waals surface area contributed by atoms with Crippen molar-refractivity contribution in [3.63, 3.8) is 0 Å². The van der Waals surface area contributed by atoms with E-state index in [-0.39, 0.29) is 5.91 Å². The Bertz CT molecular complexity index is 1010. The third-order valence-corrected chi connectivity index (χ3v) is 6.16. The van der Waals surface area contributed by atoms with Crippen LogP contribution in [0.4, 0.5) is 0 Å². The van der Waals surface area contributed by atoms with E-state index in [1.165, 1.54) is 11.3 Å². The van der Waals surface area contributed by atoms with Crippen molar-refractivity contribution in [2.75, 3.05) is 12.8 Å². The minimum atomic E-state index is 0.191. The Kier molecular flexibility index (Phi) is 5.71. The fraction of sp³-hybridized carbons (Fsp3) is 0.429. The highest BCUT2D eigenvalue weighted by Crippen LogP contribution is 2.30. The van der Waals surface area contributed by atoms with Crippen molar-refractivity contribution in [2.24, 2.45) is 7.05 Å². The van der Waals surface area contributed by atoms with Gasteiger partial charge < -0.3 is 9.47 Å². The molecule has 0 unspecified atom stereocenters. The molecule has 0 saturated carbocycles. The summed E-state index contributed by atoms with van der Waals surface area (Å²) in [6.07, 6.45) is 4.10. The standard InChI is InChI=1S/C21H26N6OS/c1-4-27-20(22-23-21(27)29-3)19-16-14-26(13-12-17(16)25(2)24-19)18(28)11-10-15-8-6-5-7-9-15/h5-9H,4,10-14H2,1-3H3. The molecule has 1 amide bonds. The Morgan fingerprint density at radius 3 is 2.72 bits per heavy atom. The molecule has 1 aromatic carbocycles. The van der Waals surface area contributed by atoms with Crippen molar-refractivity contribution in [2.45, 2.75) is 44.4 Å². The first-order chi connectivity index (χ1) is 14.1. The molecular formula is C21H26N6OS. The average molecular weight is 411 g/mol. The summed E-state index contributed by atoms with van der Waals surface area (Å²) in [4.78, 5) is 14.8. The fourth-order valence-corrected chi connectivity index (χ4v) is 4.50.